The van der Waals surface area contributed by atoms with Crippen molar-refractivity contribution >= 4 is 5.97 Å². The van der Waals surface area contributed by atoms with E-state index in [0.717, 1.165) is 24.7 Å². The van der Waals surface area contributed by atoms with Crippen LogP contribution in [0.15, 0.2) is 24.4 Å². The average Bonchev–Trinajstić information content (AvgIpc) is 2.57. The highest BCUT2D eigenvalue weighted by Gasteiger charge is 1.95. The molecule has 5 nitrogen and oxygen atoms in total. The Bertz CT molecular complexity index is 344. The van der Waals surface area contributed by atoms with Gasteiger partial charge >= 0.3 is 5.97 Å². The summed E-state index contributed by atoms with van der Waals surface area (Å²) in [6.45, 7) is 1.36. The van der Waals surface area contributed by atoms with Crippen molar-refractivity contribution in [1.82, 2.24) is 15.1 Å². The molecule has 82 valence electrons. The first-order valence-electron chi connectivity index (χ1n) is 4.77. The number of hydrogen-bond acceptors (Lipinski definition) is 3. The molecule has 5 heteroatoms. The monoisotopic (exact) mass is 209 g/mol. The van der Waals surface area contributed by atoms with E-state index in [1.54, 1.807) is 10.8 Å². The molecule has 0 aliphatic rings. The van der Waals surface area contributed by atoms with Crippen LogP contribution in [-0.2, 0) is 18.3 Å². The van der Waals surface area contributed by atoms with Crippen LogP contribution >= 0.6 is 0 Å². The van der Waals surface area contributed by atoms with Crippen LogP contribution in [0.2, 0.25) is 0 Å². The molecular formula is C10H15N3O2. The van der Waals surface area contributed by atoms with Gasteiger partial charge in [0.05, 0.1) is 5.69 Å². The van der Waals surface area contributed by atoms with E-state index in [1.807, 2.05) is 19.3 Å². The Balaban J connectivity index is 2.09. The van der Waals surface area contributed by atoms with Gasteiger partial charge < -0.3 is 10.4 Å². The predicted molar refractivity (Wildman–Crippen MR) is 56.6 cm³/mol. The van der Waals surface area contributed by atoms with Gasteiger partial charge in [-0.25, -0.2) is 4.79 Å². The number of carboxylic acids is 1. The number of nitrogens with one attached hydrogen (secondary N) is 1. The van der Waals surface area contributed by atoms with E-state index in [2.05, 4.69) is 10.4 Å². The van der Waals surface area contributed by atoms with Gasteiger partial charge in [0.1, 0.15) is 0 Å². The molecule has 0 aromatic carbocycles. The third-order valence-corrected chi connectivity index (χ3v) is 1.85. The summed E-state index contributed by atoms with van der Waals surface area (Å²) in [6, 6.07) is 1.97. The summed E-state index contributed by atoms with van der Waals surface area (Å²) in [5.41, 5.74) is 1.03. The van der Waals surface area contributed by atoms with Crippen molar-refractivity contribution in [2.45, 2.75) is 6.42 Å². The number of carbonyl (C=O) groups is 1. The number of aromatic nitrogens is 2. The maximum absolute atomic E-state index is 10.1. The second-order valence-electron chi connectivity index (χ2n) is 3.18. The fourth-order valence-corrected chi connectivity index (χ4v) is 1.16. The lowest BCUT2D eigenvalue weighted by Crippen LogP contribution is -2.17. The normalized spacial score (nSPS) is 11.0. The van der Waals surface area contributed by atoms with E-state index < -0.39 is 5.97 Å². The standard InChI is InChI=1S/C10H15N3O2/c1-13-8-5-9(12-13)4-7-11-6-2-3-10(14)15/h2-3,5,8,11H,4,6-7H2,1H3,(H,14,15)/b3-2+. The van der Waals surface area contributed by atoms with Crippen LogP contribution < -0.4 is 5.32 Å². The van der Waals surface area contributed by atoms with Gasteiger partial charge in [0.15, 0.2) is 0 Å². The lowest BCUT2D eigenvalue weighted by atomic mass is 10.3. The Morgan fingerprint density at radius 1 is 1.73 bits per heavy atom. The summed E-state index contributed by atoms with van der Waals surface area (Å²) < 4.78 is 1.76. The van der Waals surface area contributed by atoms with Crippen LogP contribution in [0.4, 0.5) is 0 Å². The van der Waals surface area contributed by atoms with E-state index in [4.69, 9.17) is 5.11 Å². The highest BCUT2D eigenvalue weighted by Crippen LogP contribution is 1.93. The Morgan fingerprint density at radius 3 is 3.13 bits per heavy atom. The molecule has 0 amide bonds. The first-order valence-corrected chi connectivity index (χ1v) is 4.77. The molecule has 0 saturated heterocycles. The van der Waals surface area contributed by atoms with Crippen molar-refractivity contribution < 1.29 is 9.90 Å². The first kappa shape index (κ1) is 11.5. The zero-order valence-electron chi connectivity index (χ0n) is 8.68. The molecule has 0 unspecified atom stereocenters. The molecular weight excluding hydrogens is 194 g/mol. The van der Waals surface area contributed by atoms with Crippen molar-refractivity contribution in [2.24, 2.45) is 7.05 Å². The van der Waals surface area contributed by atoms with Crippen LogP contribution in [0.3, 0.4) is 0 Å². The first-order chi connectivity index (χ1) is 7.18. The molecule has 0 fully saturated rings. The minimum atomic E-state index is -0.915. The predicted octanol–water partition coefficient (Wildman–Crippen LogP) is 0.193. The summed E-state index contributed by atoms with van der Waals surface area (Å²) in [4.78, 5) is 10.1. The molecule has 0 aliphatic heterocycles. The molecule has 0 radical (unpaired) electrons. The molecule has 0 spiro atoms. The average molecular weight is 209 g/mol. The highest BCUT2D eigenvalue weighted by atomic mass is 16.4. The Kier molecular flexibility index (Phi) is 4.56. The zero-order valence-corrected chi connectivity index (χ0v) is 8.68. The highest BCUT2D eigenvalue weighted by molar-refractivity contribution is 5.79. The van der Waals surface area contributed by atoms with Gasteiger partial charge in [-0.2, -0.15) is 5.10 Å². The molecule has 1 rings (SSSR count). The van der Waals surface area contributed by atoms with E-state index >= 15 is 0 Å². The number of nitrogens with zero attached hydrogens (tertiary/aromatic N) is 2. The van der Waals surface area contributed by atoms with Gasteiger partial charge in [0, 0.05) is 38.8 Å². The van der Waals surface area contributed by atoms with Gasteiger partial charge in [-0.05, 0) is 6.07 Å². The second-order valence-corrected chi connectivity index (χ2v) is 3.18. The molecule has 0 saturated carbocycles. The summed E-state index contributed by atoms with van der Waals surface area (Å²) >= 11 is 0. The van der Waals surface area contributed by atoms with Crippen LogP contribution in [0.5, 0.6) is 0 Å². The zero-order chi connectivity index (χ0) is 11.1. The minimum Gasteiger partial charge on any atom is -0.478 e. The Labute approximate surface area is 88.4 Å². The summed E-state index contributed by atoms with van der Waals surface area (Å²) in [6.07, 6.45) is 5.47. The number of aryl methyl sites for hydroxylation is 1. The largest absolute Gasteiger partial charge is 0.478 e. The van der Waals surface area contributed by atoms with Crippen molar-refractivity contribution in [3.63, 3.8) is 0 Å². The van der Waals surface area contributed by atoms with E-state index in [-0.39, 0.29) is 0 Å². The fraction of sp³-hybridized carbons (Fsp3) is 0.400. The van der Waals surface area contributed by atoms with E-state index in [9.17, 15) is 4.79 Å². The van der Waals surface area contributed by atoms with Gasteiger partial charge in [0.25, 0.3) is 0 Å². The third kappa shape index (κ3) is 4.97. The number of rotatable bonds is 6. The number of carboxylic acid groups (broad SMARTS) is 1. The smallest absolute Gasteiger partial charge is 0.328 e. The van der Waals surface area contributed by atoms with Crippen LogP contribution in [0.25, 0.3) is 0 Å². The van der Waals surface area contributed by atoms with Gasteiger partial charge in [-0.15, -0.1) is 0 Å². The summed E-state index contributed by atoms with van der Waals surface area (Å²) in [5, 5.41) is 15.6. The summed E-state index contributed by atoms with van der Waals surface area (Å²) in [5.74, 6) is -0.915. The molecule has 15 heavy (non-hydrogen) atoms. The number of aliphatic carboxylic acids is 1. The third-order valence-electron chi connectivity index (χ3n) is 1.85. The van der Waals surface area contributed by atoms with E-state index in [1.165, 1.54) is 0 Å². The molecule has 1 heterocycles. The minimum absolute atomic E-state index is 0.569. The molecule has 1 aromatic heterocycles. The van der Waals surface area contributed by atoms with Crippen molar-refractivity contribution in [1.29, 1.82) is 0 Å². The molecule has 0 aliphatic carbocycles. The SMILES string of the molecule is Cn1ccc(CCNC/C=C/C(=O)O)n1. The van der Waals surface area contributed by atoms with Crippen molar-refractivity contribution in [3.8, 4) is 0 Å². The quantitative estimate of drug-likeness (QED) is 0.518. The summed E-state index contributed by atoms with van der Waals surface area (Å²) in [7, 11) is 1.88. The van der Waals surface area contributed by atoms with E-state index in [0.29, 0.717) is 6.54 Å². The van der Waals surface area contributed by atoms with Crippen LogP contribution in [0, 0.1) is 0 Å². The fourth-order valence-electron chi connectivity index (χ4n) is 1.16. The topological polar surface area (TPSA) is 67.2 Å². The number of hydrogen-bond donors (Lipinski definition) is 2. The lowest BCUT2D eigenvalue weighted by molar-refractivity contribution is -0.131. The van der Waals surface area contributed by atoms with Crippen molar-refractivity contribution in [2.75, 3.05) is 13.1 Å². The maximum Gasteiger partial charge on any atom is 0.328 e. The molecule has 0 bridgehead atoms. The maximum atomic E-state index is 10.1. The molecule has 1 aromatic rings. The lowest BCUT2D eigenvalue weighted by Gasteiger charge is -1.98. The van der Waals surface area contributed by atoms with Crippen molar-refractivity contribution in [3.05, 3.63) is 30.1 Å². The Morgan fingerprint density at radius 2 is 2.53 bits per heavy atom. The molecule has 2 N–H and O–H groups in total. The second kappa shape index (κ2) is 5.98. The van der Waals surface area contributed by atoms with Gasteiger partial charge in [-0.1, -0.05) is 6.08 Å². The van der Waals surface area contributed by atoms with Gasteiger partial charge in [0.2, 0.25) is 0 Å². The van der Waals surface area contributed by atoms with Gasteiger partial charge in [-0.3, -0.25) is 4.68 Å². The Hall–Kier alpha value is -1.62. The molecule has 0 atom stereocenters. The van der Waals surface area contributed by atoms with Crippen LogP contribution in [-0.4, -0.2) is 33.9 Å². The van der Waals surface area contributed by atoms with Crippen LogP contribution in [0.1, 0.15) is 5.69 Å².